The van der Waals surface area contributed by atoms with Crippen molar-refractivity contribution in [2.45, 2.75) is 32.3 Å². The van der Waals surface area contributed by atoms with E-state index >= 15 is 0 Å². The van der Waals surface area contributed by atoms with Gasteiger partial charge in [-0.2, -0.15) is 0 Å². The molecule has 0 spiro atoms. The first kappa shape index (κ1) is 14.8. The maximum atomic E-state index is 11.8. The third-order valence-electron chi connectivity index (χ3n) is 3.68. The maximum absolute atomic E-state index is 11.8. The van der Waals surface area contributed by atoms with Gasteiger partial charge in [0, 0.05) is 13.1 Å². The molecule has 0 saturated carbocycles. The van der Waals surface area contributed by atoms with Crippen LogP contribution in [0.3, 0.4) is 0 Å². The fraction of sp³-hybridized carbons (Fsp3) is 0.533. The van der Waals surface area contributed by atoms with Gasteiger partial charge in [0.05, 0.1) is 12.5 Å². The summed E-state index contributed by atoms with van der Waals surface area (Å²) in [7, 11) is 2.09. The van der Waals surface area contributed by atoms with Crippen LogP contribution in [0.1, 0.15) is 24.0 Å². The van der Waals surface area contributed by atoms with Crippen LogP contribution < -0.4 is 5.48 Å². The summed E-state index contributed by atoms with van der Waals surface area (Å²) < 4.78 is 0. The van der Waals surface area contributed by atoms with Crippen molar-refractivity contribution in [1.29, 1.82) is 0 Å². The van der Waals surface area contributed by atoms with Gasteiger partial charge >= 0.3 is 0 Å². The largest absolute Gasteiger partial charge is 0.508 e. The Balaban J connectivity index is 1.78. The first-order chi connectivity index (χ1) is 9.54. The molecule has 0 aliphatic carbocycles. The van der Waals surface area contributed by atoms with Gasteiger partial charge in [-0.25, -0.2) is 5.48 Å². The molecule has 1 fully saturated rings. The molecule has 110 valence electrons. The number of hydrogen-bond donors (Lipinski definition) is 2. The van der Waals surface area contributed by atoms with Crippen LogP contribution in [0.2, 0.25) is 0 Å². The molecule has 1 aromatic rings. The number of piperidine rings is 1. The average molecular weight is 278 g/mol. The number of nitrogens with zero attached hydrogens (tertiary/aromatic N) is 1. The summed E-state index contributed by atoms with van der Waals surface area (Å²) in [5.41, 5.74) is 4.34. The van der Waals surface area contributed by atoms with E-state index < -0.39 is 0 Å². The number of carbonyl (C=O) groups is 1. The third-order valence-corrected chi connectivity index (χ3v) is 3.68. The summed E-state index contributed by atoms with van der Waals surface area (Å²) >= 11 is 0. The van der Waals surface area contributed by atoms with Gasteiger partial charge in [-0.05, 0) is 50.1 Å². The molecule has 5 heteroatoms. The van der Waals surface area contributed by atoms with Crippen molar-refractivity contribution in [2.24, 2.45) is 0 Å². The van der Waals surface area contributed by atoms with Crippen LogP contribution in [0.5, 0.6) is 5.75 Å². The van der Waals surface area contributed by atoms with Crippen LogP contribution in [-0.2, 0) is 16.1 Å². The number of hydroxylamine groups is 1. The summed E-state index contributed by atoms with van der Waals surface area (Å²) in [5, 5.41) is 9.34. The van der Waals surface area contributed by atoms with Crippen molar-refractivity contribution >= 4 is 5.91 Å². The van der Waals surface area contributed by atoms with Crippen LogP contribution in [0.4, 0.5) is 0 Å². The lowest BCUT2D eigenvalue weighted by molar-refractivity contribution is -0.140. The van der Waals surface area contributed by atoms with Gasteiger partial charge in [0.15, 0.2) is 0 Å². The molecular formula is C15H22N2O3. The summed E-state index contributed by atoms with van der Waals surface area (Å²) in [5.74, 6) is 0.0620. The number of phenols is 1. The number of benzene rings is 1. The second-order valence-corrected chi connectivity index (χ2v) is 5.43. The minimum Gasteiger partial charge on any atom is -0.508 e. The molecule has 0 aromatic heterocycles. The minimum absolute atomic E-state index is 0.107. The van der Waals surface area contributed by atoms with Gasteiger partial charge in [0.2, 0.25) is 5.91 Å². The molecule has 1 saturated heterocycles. The van der Waals surface area contributed by atoms with E-state index in [1.807, 2.05) is 6.92 Å². The van der Waals surface area contributed by atoms with Crippen molar-refractivity contribution in [3.05, 3.63) is 29.3 Å². The maximum Gasteiger partial charge on any atom is 0.247 e. The predicted octanol–water partition coefficient (Wildman–Crippen LogP) is 1.39. The quantitative estimate of drug-likeness (QED) is 0.817. The fourth-order valence-corrected chi connectivity index (χ4v) is 2.34. The Hall–Kier alpha value is -1.59. The highest BCUT2D eigenvalue weighted by molar-refractivity contribution is 5.78. The molecule has 1 aliphatic heterocycles. The summed E-state index contributed by atoms with van der Waals surface area (Å²) in [6.07, 6.45) is 2.25. The zero-order valence-electron chi connectivity index (χ0n) is 12.1. The normalized spacial score (nSPS) is 17.1. The number of aryl methyl sites for hydroxylation is 1. The van der Waals surface area contributed by atoms with E-state index in [-0.39, 0.29) is 24.2 Å². The number of rotatable bonds is 4. The highest BCUT2D eigenvalue weighted by Gasteiger charge is 2.18. The topological polar surface area (TPSA) is 61.8 Å². The number of likely N-dealkylation sites (tertiary alicyclic amines) is 1. The lowest BCUT2D eigenvalue weighted by atomic mass is 10.1. The van der Waals surface area contributed by atoms with E-state index in [1.54, 1.807) is 18.2 Å². The number of phenolic OH excluding ortho intramolecular Hbond substituents is 1. The minimum atomic E-state index is -0.155. The fourth-order valence-electron chi connectivity index (χ4n) is 2.34. The van der Waals surface area contributed by atoms with Crippen LogP contribution in [0.15, 0.2) is 18.2 Å². The monoisotopic (exact) mass is 278 g/mol. The molecule has 0 atom stereocenters. The Bertz CT molecular complexity index is 468. The summed E-state index contributed by atoms with van der Waals surface area (Å²) in [4.78, 5) is 19.6. The van der Waals surface area contributed by atoms with E-state index in [2.05, 4.69) is 17.4 Å². The van der Waals surface area contributed by atoms with Crippen LogP contribution >= 0.6 is 0 Å². The summed E-state index contributed by atoms with van der Waals surface area (Å²) in [6.45, 7) is 3.87. The zero-order valence-corrected chi connectivity index (χ0v) is 12.1. The molecule has 20 heavy (non-hydrogen) atoms. The van der Waals surface area contributed by atoms with Gasteiger partial charge < -0.3 is 10.0 Å². The smallest absolute Gasteiger partial charge is 0.247 e. The highest BCUT2D eigenvalue weighted by Crippen LogP contribution is 2.16. The van der Waals surface area contributed by atoms with Gasteiger partial charge in [-0.15, -0.1) is 0 Å². The van der Waals surface area contributed by atoms with Crippen molar-refractivity contribution in [3.8, 4) is 5.75 Å². The Morgan fingerprint density at radius 3 is 2.80 bits per heavy atom. The SMILES string of the molecule is Cc1cc(O)ccc1CC(=O)NOC1CCN(C)CC1. The zero-order chi connectivity index (χ0) is 14.5. The van der Waals surface area contributed by atoms with Gasteiger partial charge in [-0.1, -0.05) is 6.07 Å². The first-order valence-electron chi connectivity index (χ1n) is 6.96. The predicted molar refractivity (Wildman–Crippen MR) is 76.3 cm³/mol. The Kier molecular flexibility index (Phi) is 4.98. The Labute approximate surface area is 119 Å². The molecule has 1 aliphatic rings. The average Bonchev–Trinajstić information content (AvgIpc) is 2.41. The molecule has 1 amide bonds. The molecule has 1 aromatic carbocycles. The molecule has 2 N–H and O–H groups in total. The van der Waals surface area contributed by atoms with Gasteiger partial charge in [0.1, 0.15) is 5.75 Å². The molecule has 1 heterocycles. The first-order valence-corrected chi connectivity index (χ1v) is 6.96. The van der Waals surface area contributed by atoms with E-state index in [1.165, 1.54) is 0 Å². The van der Waals surface area contributed by atoms with E-state index in [0.717, 1.165) is 37.1 Å². The molecule has 0 radical (unpaired) electrons. The summed E-state index contributed by atoms with van der Waals surface area (Å²) in [6, 6.07) is 5.01. The second kappa shape index (κ2) is 6.72. The Morgan fingerprint density at radius 1 is 1.45 bits per heavy atom. The van der Waals surface area contributed by atoms with Gasteiger partial charge in [-0.3, -0.25) is 9.63 Å². The lowest BCUT2D eigenvalue weighted by Crippen LogP contribution is -2.38. The highest BCUT2D eigenvalue weighted by atomic mass is 16.7. The third kappa shape index (κ3) is 4.21. The standard InChI is InChI=1S/C15H22N2O3/c1-11-9-13(18)4-3-12(11)10-15(19)16-20-14-5-7-17(2)8-6-14/h3-4,9,14,18H,5-8,10H2,1-2H3,(H,16,19). The second-order valence-electron chi connectivity index (χ2n) is 5.43. The number of hydrogen-bond acceptors (Lipinski definition) is 4. The van der Waals surface area contributed by atoms with Crippen LogP contribution in [-0.4, -0.2) is 42.2 Å². The van der Waals surface area contributed by atoms with Crippen molar-refractivity contribution in [2.75, 3.05) is 20.1 Å². The number of carbonyl (C=O) groups excluding carboxylic acids is 1. The molecule has 5 nitrogen and oxygen atoms in total. The molecule has 0 bridgehead atoms. The molecule has 2 rings (SSSR count). The number of nitrogens with one attached hydrogen (secondary N) is 1. The van der Waals surface area contributed by atoms with Crippen LogP contribution in [0, 0.1) is 6.92 Å². The van der Waals surface area contributed by atoms with E-state index in [4.69, 9.17) is 4.84 Å². The lowest BCUT2D eigenvalue weighted by Gasteiger charge is -2.28. The van der Waals surface area contributed by atoms with E-state index in [0.29, 0.717) is 0 Å². The number of amides is 1. The van der Waals surface area contributed by atoms with Crippen molar-refractivity contribution < 1.29 is 14.7 Å². The van der Waals surface area contributed by atoms with E-state index in [9.17, 15) is 9.90 Å². The van der Waals surface area contributed by atoms with Crippen LogP contribution in [0.25, 0.3) is 0 Å². The van der Waals surface area contributed by atoms with Crippen molar-refractivity contribution in [1.82, 2.24) is 10.4 Å². The number of aromatic hydroxyl groups is 1. The van der Waals surface area contributed by atoms with Gasteiger partial charge in [0.25, 0.3) is 0 Å². The molecular weight excluding hydrogens is 256 g/mol. The molecule has 0 unspecified atom stereocenters. The Morgan fingerprint density at radius 2 is 2.15 bits per heavy atom. The van der Waals surface area contributed by atoms with Crippen molar-refractivity contribution in [3.63, 3.8) is 0 Å².